The Bertz CT molecular complexity index is 788. The van der Waals surface area contributed by atoms with Crippen molar-refractivity contribution in [3.63, 3.8) is 0 Å². The highest BCUT2D eigenvalue weighted by molar-refractivity contribution is 5.81. The number of hydrogen-bond acceptors (Lipinski definition) is 5. The molecule has 0 bridgehead atoms. The number of nitrogens with zero attached hydrogens (tertiary/aromatic N) is 3. The molecule has 1 atom stereocenters. The quantitative estimate of drug-likeness (QED) is 0.468. The lowest BCUT2D eigenvalue weighted by molar-refractivity contribution is -0.149. The molecule has 0 amide bonds. The first-order chi connectivity index (χ1) is 13.7. The second-order valence-corrected chi connectivity index (χ2v) is 6.76. The van der Waals surface area contributed by atoms with Gasteiger partial charge in [0.25, 0.3) is 0 Å². The Morgan fingerprint density at radius 1 is 1.36 bits per heavy atom. The van der Waals surface area contributed by atoms with Gasteiger partial charge >= 0.3 is 5.97 Å². The van der Waals surface area contributed by atoms with E-state index in [4.69, 9.17) is 14.3 Å². The SMILES string of the molecule is CCNC(=NCc1cc(-c2ccccc2)on1)N1CCCC(C(=O)OCC)C1. The molecular formula is C21H28N4O3. The number of rotatable bonds is 6. The van der Waals surface area contributed by atoms with E-state index >= 15 is 0 Å². The molecule has 150 valence electrons. The summed E-state index contributed by atoms with van der Waals surface area (Å²) in [6.45, 7) is 6.96. The van der Waals surface area contributed by atoms with Gasteiger partial charge in [-0.05, 0) is 26.7 Å². The van der Waals surface area contributed by atoms with E-state index in [0.717, 1.165) is 48.9 Å². The van der Waals surface area contributed by atoms with Gasteiger partial charge in [0, 0.05) is 31.3 Å². The molecule has 1 aromatic heterocycles. The van der Waals surface area contributed by atoms with Gasteiger partial charge in [-0.25, -0.2) is 4.99 Å². The summed E-state index contributed by atoms with van der Waals surface area (Å²) in [7, 11) is 0. The minimum absolute atomic E-state index is 0.103. The molecule has 0 radical (unpaired) electrons. The third-order valence-electron chi connectivity index (χ3n) is 4.68. The summed E-state index contributed by atoms with van der Waals surface area (Å²) in [5.41, 5.74) is 1.76. The number of esters is 1. The van der Waals surface area contributed by atoms with E-state index in [1.807, 2.05) is 50.2 Å². The average molecular weight is 384 g/mol. The van der Waals surface area contributed by atoms with Crippen molar-refractivity contribution in [1.82, 2.24) is 15.4 Å². The molecule has 0 spiro atoms. The molecule has 1 aromatic carbocycles. The Morgan fingerprint density at radius 3 is 2.93 bits per heavy atom. The van der Waals surface area contributed by atoms with E-state index in [-0.39, 0.29) is 11.9 Å². The average Bonchev–Trinajstić information content (AvgIpc) is 3.21. The Kier molecular flexibility index (Phi) is 7.06. The van der Waals surface area contributed by atoms with Crippen LogP contribution in [0.25, 0.3) is 11.3 Å². The zero-order valence-electron chi connectivity index (χ0n) is 16.6. The van der Waals surface area contributed by atoms with E-state index < -0.39 is 0 Å². The molecular weight excluding hydrogens is 356 g/mol. The van der Waals surface area contributed by atoms with Crippen molar-refractivity contribution in [2.75, 3.05) is 26.2 Å². The number of piperidine rings is 1. The number of nitrogens with one attached hydrogen (secondary N) is 1. The lowest BCUT2D eigenvalue weighted by Crippen LogP contribution is -2.48. The maximum Gasteiger partial charge on any atom is 0.310 e. The molecule has 1 saturated heterocycles. The summed E-state index contributed by atoms with van der Waals surface area (Å²) in [6.07, 6.45) is 1.80. The van der Waals surface area contributed by atoms with Crippen LogP contribution in [0, 0.1) is 5.92 Å². The molecule has 2 aromatic rings. The highest BCUT2D eigenvalue weighted by Gasteiger charge is 2.28. The summed E-state index contributed by atoms with van der Waals surface area (Å²) in [5.74, 6) is 1.30. The molecule has 3 rings (SSSR count). The van der Waals surface area contributed by atoms with Crippen LogP contribution in [0.1, 0.15) is 32.4 Å². The number of hydrogen-bond donors (Lipinski definition) is 1. The Morgan fingerprint density at radius 2 is 2.18 bits per heavy atom. The highest BCUT2D eigenvalue weighted by Crippen LogP contribution is 2.21. The molecule has 1 fully saturated rings. The number of carbonyl (C=O) groups is 1. The maximum absolute atomic E-state index is 12.1. The topological polar surface area (TPSA) is 80.0 Å². The van der Waals surface area contributed by atoms with Crippen molar-refractivity contribution in [3.8, 4) is 11.3 Å². The molecule has 1 aliphatic heterocycles. The van der Waals surface area contributed by atoms with Gasteiger partial charge in [0.2, 0.25) is 0 Å². The molecule has 1 N–H and O–H groups in total. The minimum atomic E-state index is -0.118. The first kappa shape index (κ1) is 19.9. The van der Waals surface area contributed by atoms with Gasteiger partial charge in [0.05, 0.1) is 19.1 Å². The van der Waals surface area contributed by atoms with Crippen LogP contribution in [-0.4, -0.2) is 48.2 Å². The third-order valence-corrected chi connectivity index (χ3v) is 4.68. The predicted octanol–water partition coefficient (Wildman–Crippen LogP) is 3.08. The van der Waals surface area contributed by atoms with Crippen molar-refractivity contribution < 1.29 is 14.1 Å². The van der Waals surface area contributed by atoms with Crippen LogP contribution in [-0.2, 0) is 16.1 Å². The number of carbonyl (C=O) groups excluding carboxylic acids is 1. The van der Waals surface area contributed by atoms with Gasteiger partial charge in [-0.3, -0.25) is 4.79 Å². The number of aromatic nitrogens is 1. The third kappa shape index (κ3) is 5.12. The van der Waals surface area contributed by atoms with Crippen LogP contribution in [0.2, 0.25) is 0 Å². The van der Waals surface area contributed by atoms with Crippen molar-refractivity contribution in [1.29, 1.82) is 0 Å². The van der Waals surface area contributed by atoms with Gasteiger partial charge in [0.15, 0.2) is 11.7 Å². The summed E-state index contributed by atoms with van der Waals surface area (Å²) < 4.78 is 10.6. The lowest BCUT2D eigenvalue weighted by atomic mass is 9.98. The van der Waals surface area contributed by atoms with Gasteiger partial charge in [-0.1, -0.05) is 35.5 Å². The van der Waals surface area contributed by atoms with Crippen LogP contribution in [0.3, 0.4) is 0 Å². The van der Waals surface area contributed by atoms with Gasteiger partial charge in [-0.2, -0.15) is 0 Å². The fourth-order valence-electron chi connectivity index (χ4n) is 3.33. The van der Waals surface area contributed by atoms with E-state index in [1.165, 1.54) is 0 Å². The fourth-order valence-corrected chi connectivity index (χ4v) is 3.33. The predicted molar refractivity (Wildman–Crippen MR) is 108 cm³/mol. The monoisotopic (exact) mass is 384 g/mol. The van der Waals surface area contributed by atoms with E-state index in [2.05, 4.69) is 15.4 Å². The highest BCUT2D eigenvalue weighted by atomic mass is 16.5. The molecule has 28 heavy (non-hydrogen) atoms. The first-order valence-electron chi connectivity index (χ1n) is 9.92. The Hall–Kier alpha value is -2.83. The maximum atomic E-state index is 12.1. The van der Waals surface area contributed by atoms with Crippen molar-refractivity contribution in [2.24, 2.45) is 10.9 Å². The molecule has 2 heterocycles. The summed E-state index contributed by atoms with van der Waals surface area (Å²) in [4.78, 5) is 19.0. The molecule has 7 nitrogen and oxygen atoms in total. The van der Waals surface area contributed by atoms with Gasteiger partial charge in [-0.15, -0.1) is 0 Å². The lowest BCUT2D eigenvalue weighted by Gasteiger charge is -2.33. The van der Waals surface area contributed by atoms with Gasteiger partial charge in [0.1, 0.15) is 5.69 Å². The van der Waals surface area contributed by atoms with Gasteiger partial charge < -0.3 is 19.5 Å². The normalized spacial score (nSPS) is 17.4. The number of likely N-dealkylation sites (tertiary alicyclic amines) is 1. The van der Waals surface area contributed by atoms with E-state index in [9.17, 15) is 4.79 Å². The Balaban J connectivity index is 1.67. The minimum Gasteiger partial charge on any atom is -0.466 e. The smallest absolute Gasteiger partial charge is 0.310 e. The van der Waals surface area contributed by atoms with E-state index in [0.29, 0.717) is 19.7 Å². The molecule has 7 heteroatoms. The molecule has 0 saturated carbocycles. The number of benzene rings is 1. The van der Waals surface area contributed by atoms with Crippen LogP contribution >= 0.6 is 0 Å². The first-order valence-corrected chi connectivity index (χ1v) is 9.92. The number of guanidine groups is 1. The number of ether oxygens (including phenoxy) is 1. The summed E-state index contributed by atoms with van der Waals surface area (Å²) in [6, 6.07) is 11.8. The number of aliphatic imine (C=N–C) groups is 1. The van der Waals surface area contributed by atoms with Crippen molar-refractivity contribution in [2.45, 2.75) is 33.2 Å². The van der Waals surface area contributed by atoms with E-state index in [1.54, 1.807) is 0 Å². The van der Waals surface area contributed by atoms with Crippen LogP contribution < -0.4 is 5.32 Å². The van der Waals surface area contributed by atoms with Crippen LogP contribution in [0.5, 0.6) is 0 Å². The summed E-state index contributed by atoms with van der Waals surface area (Å²) >= 11 is 0. The van der Waals surface area contributed by atoms with Crippen LogP contribution in [0.15, 0.2) is 45.9 Å². The van der Waals surface area contributed by atoms with Crippen LogP contribution in [0.4, 0.5) is 0 Å². The van der Waals surface area contributed by atoms with Crippen molar-refractivity contribution >= 4 is 11.9 Å². The second kappa shape index (κ2) is 9.92. The standard InChI is InChI=1S/C21H28N4O3/c1-3-22-21(25-12-8-11-17(15-25)20(26)27-4-2)23-14-18-13-19(28-24-18)16-9-6-5-7-10-16/h5-7,9-10,13,17H,3-4,8,11-12,14-15H2,1-2H3,(H,22,23). The Labute approximate surface area is 165 Å². The summed E-state index contributed by atoms with van der Waals surface area (Å²) in [5, 5.41) is 7.45. The molecule has 1 aliphatic rings. The molecule has 0 aliphatic carbocycles. The van der Waals surface area contributed by atoms with Crippen molar-refractivity contribution in [3.05, 3.63) is 42.1 Å². The second-order valence-electron chi connectivity index (χ2n) is 6.76. The zero-order valence-corrected chi connectivity index (χ0v) is 16.6. The molecule has 1 unspecified atom stereocenters. The largest absolute Gasteiger partial charge is 0.466 e. The fraction of sp³-hybridized carbons (Fsp3) is 0.476. The zero-order chi connectivity index (χ0) is 19.8.